The molecule has 0 bridgehead atoms. The average Bonchev–Trinajstić information content (AvgIpc) is 3.17. The lowest BCUT2D eigenvalue weighted by molar-refractivity contribution is 0.0513. The van der Waals surface area contributed by atoms with Gasteiger partial charge >= 0.3 is 5.97 Å². The Morgan fingerprint density at radius 3 is 2.43 bits per heavy atom. The van der Waals surface area contributed by atoms with Crippen LogP contribution in [0.5, 0.6) is 0 Å². The van der Waals surface area contributed by atoms with Gasteiger partial charge in [0.25, 0.3) is 5.56 Å². The van der Waals surface area contributed by atoms with Gasteiger partial charge in [0.05, 0.1) is 27.4 Å². The summed E-state index contributed by atoms with van der Waals surface area (Å²) in [6.07, 6.45) is 1.05. The number of pyridine rings is 1. The van der Waals surface area contributed by atoms with Crippen LogP contribution in [0.2, 0.25) is 0 Å². The molecule has 0 radical (unpaired) electrons. The second-order valence-corrected chi connectivity index (χ2v) is 12.2. The Morgan fingerprint density at radius 2 is 1.76 bits per heavy atom. The van der Waals surface area contributed by atoms with Gasteiger partial charge in [0.15, 0.2) is 0 Å². The topological polar surface area (TPSA) is 98.2 Å². The smallest absolute Gasteiger partial charge is 0.356 e. The molecule has 7 nitrogen and oxygen atoms in total. The molecule has 0 saturated carbocycles. The number of aromatic amines is 1. The molecule has 0 saturated heterocycles. The summed E-state index contributed by atoms with van der Waals surface area (Å²) >= 11 is 7.06. The van der Waals surface area contributed by atoms with Crippen molar-refractivity contribution in [3.63, 3.8) is 0 Å². The average molecular weight is 646 g/mol. The number of nitrogens with one attached hydrogen (secondary N) is 1. The standard InChI is InChI=1S/C27H22Br2N2O5S/c1-2-36-27(33)25-22(29)20-13-10-17-14-21(37(34,35)19-6-4-3-5-7-19)26(32)30-23(17)24(20)31(25)15-16-8-11-18(28)12-9-16/h3-9,11-12,14H,2,10,13,15H2,1H3,(H,30,32). The van der Waals surface area contributed by atoms with Gasteiger partial charge in [-0.2, -0.15) is 0 Å². The van der Waals surface area contributed by atoms with Crippen molar-refractivity contribution < 1.29 is 17.9 Å². The number of hydrogen-bond acceptors (Lipinski definition) is 5. The summed E-state index contributed by atoms with van der Waals surface area (Å²) in [6, 6.07) is 17.1. The van der Waals surface area contributed by atoms with E-state index in [0.29, 0.717) is 46.5 Å². The number of hydrogen-bond donors (Lipinski definition) is 1. The van der Waals surface area contributed by atoms with Crippen LogP contribution >= 0.6 is 31.9 Å². The van der Waals surface area contributed by atoms with E-state index in [1.807, 2.05) is 28.8 Å². The maximum Gasteiger partial charge on any atom is 0.356 e. The van der Waals surface area contributed by atoms with E-state index in [2.05, 4.69) is 36.8 Å². The molecule has 5 rings (SSSR count). The fraction of sp³-hybridized carbons (Fsp3) is 0.185. The first-order chi connectivity index (χ1) is 17.7. The molecule has 2 heterocycles. The maximum absolute atomic E-state index is 13.2. The molecule has 1 aliphatic carbocycles. The fourth-order valence-corrected chi connectivity index (χ4v) is 7.02. The van der Waals surface area contributed by atoms with E-state index in [1.165, 1.54) is 18.2 Å². The van der Waals surface area contributed by atoms with Crippen LogP contribution in [-0.4, -0.2) is 30.5 Å². The Balaban J connectivity index is 1.71. The number of nitrogens with zero attached hydrogens (tertiary/aromatic N) is 1. The molecule has 2 aromatic carbocycles. The minimum atomic E-state index is -4.01. The summed E-state index contributed by atoms with van der Waals surface area (Å²) in [6.45, 7) is 2.31. The summed E-state index contributed by atoms with van der Waals surface area (Å²) in [5, 5.41) is 0. The van der Waals surface area contributed by atoms with E-state index in [4.69, 9.17) is 4.74 Å². The minimum absolute atomic E-state index is 0.0582. The lowest BCUT2D eigenvalue weighted by Crippen LogP contribution is -2.22. The van der Waals surface area contributed by atoms with Crippen LogP contribution in [0.25, 0.3) is 11.4 Å². The van der Waals surface area contributed by atoms with Gasteiger partial charge in [-0.15, -0.1) is 0 Å². The molecular weight excluding hydrogens is 624 g/mol. The molecule has 0 aliphatic heterocycles. The molecule has 1 aliphatic rings. The van der Waals surface area contributed by atoms with Crippen molar-refractivity contribution in [1.82, 2.24) is 9.55 Å². The Bertz CT molecular complexity index is 1670. The monoisotopic (exact) mass is 644 g/mol. The first-order valence-corrected chi connectivity index (χ1v) is 14.7. The molecule has 0 spiro atoms. The Hall–Kier alpha value is -2.95. The summed E-state index contributed by atoms with van der Waals surface area (Å²) in [7, 11) is -4.01. The molecule has 37 heavy (non-hydrogen) atoms. The van der Waals surface area contributed by atoms with Crippen molar-refractivity contribution in [2.45, 2.75) is 36.1 Å². The number of fused-ring (bicyclic) bond motifs is 3. The number of sulfone groups is 1. The number of esters is 1. The van der Waals surface area contributed by atoms with Crippen molar-refractivity contribution >= 4 is 47.7 Å². The van der Waals surface area contributed by atoms with Crippen LogP contribution in [-0.2, 0) is 34.0 Å². The van der Waals surface area contributed by atoms with Crippen LogP contribution in [0, 0.1) is 0 Å². The minimum Gasteiger partial charge on any atom is -0.461 e. The summed E-state index contributed by atoms with van der Waals surface area (Å²) in [5.74, 6) is -0.479. The van der Waals surface area contributed by atoms with Gasteiger partial charge in [0.1, 0.15) is 10.6 Å². The SMILES string of the molecule is CCOC(=O)c1c(Br)c2c(n1Cc1ccc(Br)cc1)-c1[nH]c(=O)c(S(=O)(=O)c3ccccc3)cc1CC2. The summed E-state index contributed by atoms with van der Waals surface area (Å²) in [5.41, 5.74) is 3.31. The van der Waals surface area contributed by atoms with E-state index in [9.17, 15) is 18.0 Å². The zero-order valence-electron chi connectivity index (χ0n) is 19.8. The normalized spacial score (nSPS) is 12.6. The van der Waals surface area contributed by atoms with Crippen LogP contribution in [0.15, 0.2) is 84.2 Å². The molecule has 0 atom stereocenters. The van der Waals surface area contributed by atoms with E-state index < -0.39 is 21.4 Å². The molecule has 0 amide bonds. The number of H-pyrrole nitrogens is 1. The predicted molar refractivity (Wildman–Crippen MR) is 147 cm³/mol. The van der Waals surface area contributed by atoms with Gasteiger partial charge in [0.2, 0.25) is 9.84 Å². The first-order valence-electron chi connectivity index (χ1n) is 11.6. The summed E-state index contributed by atoms with van der Waals surface area (Å²) in [4.78, 5) is 28.8. The number of rotatable bonds is 6. The highest BCUT2D eigenvalue weighted by Crippen LogP contribution is 2.41. The Kier molecular flexibility index (Phi) is 6.99. The first kappa shape index (κ1) is 25.7. The van der Waals surface area contributed by atoms with Crippen molar-refractivity contribution in [3.05, 3.63) is 102 Å². The second kappa shape index (κ2) is 10.1. The number of carbonyl (C=O) groups excluding carboxylic acids is 1. The van der Waals surface area contributed by atoms with E-state index in [0.717, 1.165) is 15.6 Å². The third-order valence-corrected chi connectivity index (χ3v) is 9.49. The van der Waals surface area contributed by atoms with Crippen LogP contribution in [0.4, 0.5) is 0 Å². The van der Waals surface area contributed by atoms with Crippen molar-refractivity contribution in [3.8, 4) is 11.4 Å². The fourth-order valence-electron chi connectivity index (χ4n) is 4.63. The third kappa shape index (κ3) is 4.62. The van der Waals surface area contributed by atoms with Gasteiger partial charge in [-0.3, -0.25) is 4.79 Å². The maximum atomic E-state index is 13.2. The van der Waals surface area contributed by atoms with Crippen molar-refractivity contribution in [2.24, 2.45) is 0 Å². The molecule has 2 aromatic heterocycles. The van der Waals surface area contributed by atoms with E-state index in [-0.39, 0.29) is 16.4 Å². The highest BCUT2D eigenvalue weighted by Gasteiger charge is 2.33. The third-order valence-electron chi connectivity index (χ3n) is 6.33. The van der Waals surface area contributed by atoms with Crippen LogP contribution in [0.1, 0.15) is 34.1 Å². The zero-order valence-corrected chi connectivity index (χ0v) is 23.7. The molecule has 190 valence electrons. The van der Waals surface area contributed by atoms with E-state index >= 15 is 0 Å². The molecule has 4 aromatic rings. The highest BCUT2D eigenvalue weighted by molar-refractivity contribution is 9.10. The summed E-state index contributed by atoms with van der Waals surface area (Å²) < 4.78 is 35.2. The number of aryl methyl sites for hydroxylation is 1. The lowest BCUT2D eigenvalue weighted by Gasteiger charge is -2.21. The Labute approximate surface area is 230 Å². The lowest BCUT2D eigenvalue weighted by atomic mass is 9.94. The molecule has 0 unspecified atom stereocenters. The van der Waals surface area contributed by atoms with Gasteiger partial charge < -0.3 is 14.3 Å². The quantitative estimate of drug-likeness (QED) is 0.278. The highest BCUT2D eigenvalue weighted by atomic mass is 79.9. The molecule has 1 N–H and O–H groups in total. The van der Waals surface area contributed by atoms with Crippen LogP contribution < -0.4 is 5.56 Å². The molecular formula is C27H22Br2N2O5S. The molecule has 0 fully saturated rings. The Morgan fingerprint density at radius 1 is 1.05 bits per heavy atom. The van der Waals surface area contributed by atoms with Crippen LogP contribution in [0.3, 0.4) is 0 Å². The number of benzene rings is 2. The van der Waals surface area contributed by atoms with Crippen molar-refractivity contribution in [2.75, 3.05) is 6.61 Å². The second-order valence-electron chi connectivity index (χ2n) is 8.60. The number of aromatic nitrogens is 2. The number of halogens is 2. The van der Waals surface area contributed by atoms with Gasteiger partial charge in [-0.05, 0) is 82.7 Å². The largest absolute Gasteiger partial charge is 0.461 e. The van der Waals surface area contributed by atoms with Gasteiger partial charge in [-0.25, -0.2) is 13.2 Å². The molecule has 10 heteroatoms. The van der Waals surface area contributed by atoms with E-state index in [1.54, 1.807) is 25.1 Å². The zero-order chi connectivity index (χ0) is 26.3. The number of ether oxygens (including phenoxy) is 1. The van der Waals surface area contributed by atoms with Gasteiger partial charge in [-0.1, -0.05) is 46.3 Å². The van der Waals surface area contributed by atoms with Gasteiger partial charge in [0, 0.05) is 11.0 Å². The predicted octanol–water partition coefficient (Wildman–Crippen LogP) is 5.52. The van der Waals surface area contributed by atoms with Crippen molar-refractivity contribution in [1.29, 1.82) is 0 Å². The number of carbonyl (C=O) groups is 1.